The van der Waals surface area contributed by atoms with Crippen molar-refractivity contribution in [1.29, 1.82) is 0 Å². The second-order valence-corrected chi connectivity index (χ2v) is 6.55. The fraction of sp³-hybridized carbons (Fsp3) is 0.182. The molecule has 6 nitrogen and oxygen atoms in total. The summed E-state index contributed by atoms with van der Waals surface area (Å²) in [7, 11) is 0. The summed E-state index contributed by atoms with van der Waals surface area (Å²) < 4.78 is 0. The maximum Gasteiger partial charge on any atom is 0.126 e. The summed E-state index contributed by atoms with van der Waals surface area (Å²) in [6, 6.07) is 22.8. The molecule has 1 aliphatic rings. The molecular weight excluding hydrogens is 348 g/mol. The van der Waals surface area contributed by atoms with Gasteiger partial charge in [0.1, 0.15) is 18.8 Å². The quantitative estimate of drug-likeness (QED) is 0.564. The molecule has 0 saturated carbocycles. The fourth-order valence-corrected chi connectivity index (χ4v) is 3.10. The summed E-state index contributed by atoms with van der Waals surface area (Å²) in [5, 5.41) is 8.92. The van der Waals surface area contributed by atoms with Gasteiger partial charge in [-0.2, -0.15) is 0 Å². The van der Waals surface area contributed by atoms with Gasteiger partial charge in [-0.1, -0.05) is 60.7 Å². The third kappa shape index (κ3) is 4.66. The van der Waals surface area contributed by atoms with Crippen molar-refractivity contribution in [2.45, 2.75) is 6.54 Å². The lowest BCUT2D eigenvalue weighted by Crippen LogP contribution is -2.35. The number of hydrazine groups is 1. The Balaban J connectivity index is 1.49. The van der Waals surface area contributed by atoms with Gasteiger partial charge in [0.2, 0.25) is 0 Å². The highest BCUT2D eigenvalue weighted by Crippen LogP contribution is 2.29. The van der Waals surface area contributed by atoms with Crippen molar-refractivity contribution < 1.29 is 0 Å². The Hall–Kier alpha value is -3.38. The number of aliphatic imine (C=N–C) groups is 1. The topological polar surface area (TPSA) is 64.6 Å². The first-order chi connectivity index (χ1) is 13.9. The summed E-state index contributed by atoms with van der Waals surface area (Å²) >= 11 is 0. The number of pyridine rings is 1. The Kier molecular flexibility index (Phi) is 5.80. The minimum Gasteiger partial charge on any atom is -0.381 e. The highest BCUT2D eigenvalue weighted by Gasteiger charge is 2.09. The van der Waals surface area contributed by atoms with Gasteiger partial charge in [-0.3, -0.25) is 10.0 Å². The third-order valence-corrected chi connectivity index (χ3v) is 4.56. The highest BCUT2D eigenvalue weighted by molar-refractivity contribution is 5.79. The molecule has 3 N–H and O–H groups in total. The summed E-state index contributed by atoms with van der Waals surface area (Å²) in [5.74, 6) is 0.863. The Morgan fingerprint density at radius 2 is 1.75 bits per heavy atom. The van der Waals surface area contributed by atoms with Gasteiger partial charge in [0.15, 0.2) is 0 Å². The smallest absolute Gasteiger partial charge is 0.126 e. The first-order valence-corrected chi connectivity index (χ1v) is 9.46. The molecule has 0 amide bonds. The molecule has 142 valence electrons. The van der Waals surface area contributed by atoms with E-state index in [0.29, 0.717) is 6.67 Å². The average Bonchev–Trinajstić information content (AvgIpc) is 3.28. The van der Waals surface area contributed by atoms with Crippen LogP contribution in [0.5, 0.6) is 0 Å². The number of anilines is 2. The number of aromatic nitrogens is 1. The van der Waals surface area contributed by atoms with Crippen molar-refractivity contribution in [3.05, 3.63) is 78.5 Å². The SMILES string of the molecule is C1=NCNN1CCNc1cnc(NCc2ccccc2)cc1-c1ccccc1. The predicted octanol–water partition coefficient (Wildman–Crippen LogP) is 3.58. The lowest BCUT2D eigenvalue weighted by Gasteiger charge is -2.17. The number of nitrogens with zero attached hydrogens (tertiary/aromatic N) is 3. The molecule has 0 spiro atoms. The number of rotatable bonds is 8. The lowest BCUT2D eigenvalue weighted by molar-refractivity contribution is 0.361. The molecule has 1 aliphatic heterocycles. The largest absolute Gasteiger partial charge is 0.381 e. The lowest BCUT2D eigenvalue weighted by atomic mass is 10.1. The standard InChI is InChI=1S/C22H24N6/c1-3-7-18(8-4-1)14-25-22-13-20(19-9-5-2-6-10-19)21(15-26-22)24-11-12-28-17-23-16-27-28/h1-10,13,15,17,24,27H,11-12,14,16H2,(H,25,26). The van der Waals surface area contributed by atoms with Crippen LogP contribution in [0.1, 0.15) is 5.56 Å². The molecule has 28 heavy (non-hydrogen) atoms. The number of nitrogens with one attached hydrogen (secondary N) is 3. The first-order valence-electron chi connectivity index (χ1n) is 9.46. The molecule has 0 unspecified atom stereocenters. The van der Waals surface area contributed by atoms with Crippen LogP contribution in [0.2, 0.25) is 0 Å². The highest BCUT2D eigenvalue weighted by atomic mass is 15.6. The zero-order valence-corrected chi connectivity index (χ0v) is 15.7. The first kappa shape index (κ1) is 18.0. The molecule has 0 bridgehead atoms. The summed E-state index contributed by atoms with van der Waals surface area (Å²) in [4.78, 5) is 8.76. The molecule has 0 saturated heterocycles. The minimum atomic E-state index is 0.651. The van der Waals surface area contributed by atoms with Crippen LogP contribution in [0, 0.1) is 0 Å². The van der Waals surface area contributed by atoms with Gasteiger partial charge >= 0.3 is 0 Å². The molecule has 0 aliphatic carbocycles. The molecule has 4 rings (SSSR count). The van der Waals surface area contributed by atoms with E-state index in [1.807, 2.05) is 41.8 Å². The molecule has 3 aromatic rings. The molecule has 6 heteroatoms. The Morgan fingerprint density at radius 1 is 0.964 bits per heavy atom. The average molecular weight is 372 g/mol. The van der Waals surface area contributed by atoms with E-state index >= 15 is 0 Å². The molecule has 0 radical (unpaired) electrons. The minimum absolute atomic E-state index is 0.651. The van der Waals surface area contributed by atoms with Gasteiger partial charge in [0.05, 0.1) is 18.4 Å². The van der Waals surface area contributed by atoms with E-state index in [4.69, 9.17) is 0 Å². The number of benzene rings is 2. The van der Waals surface area contributed by atoms with Crippen LogP contribution >= 0.6 is 0 Å². The molecule has 2 heterocycles. The Morgan fingerprint density at radius 3 is 2.50 bits per heavy atom. The fourth-order valence-electron chi connectivity index (χ4n) is 3.10. The van der Waals surface area contributed by atoms with E-state index in [1.54, 1.807) is 0 Å². The van der Waals surface area contributed by atoms with E-state index in [9.17, 15) is 0 Å². The third-order valence-electron chi connectivity index (χ3n) is 4.56. The van der Waals surface area contributed by atoms with Crippen molar-refractivity contribution >= 4 is 17.8 Å². The molecule has 1 aromatic heterocycles. The van der Waals surface area contributed by atoms with Crippen molar-refractivity contribution in [2.75, 3.05) is 30.4 Å². The van der Waals surface area contributed by atoms with Gasteiger partial charge in [-0.25, -0.2) is 10.4 Å². The van der Waals surface area contributed by atoms with Gasteiger partial charge in [0.25, 0.3) is 0 Å². The van der Waals surface area contributed by atoms with Crippen molar-refractivity contribution in [3.8, 4) is 11.1 Å². The van der Waals surface area contributed by atoms with Crippen LogP contribution in [-0.2, 0) is 6.54 Å². The maximum atomic E-state index is 4.60. The summed E-state index contributed by atoms with van der Waals surface area (Å²) in [6.45, 7) is 3.01. The van der Waals surface area contributed by atoms with E-state index in [-0.39, 0.29) is 0 Å². The predicted molar refractivity (Wildman–Crippen MR) is 115 cm³/mol. The Bertz CT molecular complexity index is 911. The van der Waals surface area contributed by atoms with Crippen LogP contribution < -0.4 is 16.1 Å². The van der Waals surface area contributed by atoms with Crippen molar-refractivity contribution in [3.63, 3.8) is 0 Å². The zero-order chi connectivity index (χ0) is 19.0. The van der Waals surface area contributed by atoms with Crippen molar-refractivity contribution in [2.24, 2.45) is 4.99 Å². The van der Waals surface area contributed by atoms with Crippen LogP contribution in [0.4, 0.5) is 11.5 Å². The van der Waals surface area contributed by atoms with Crippen LogP contribution in [-0.4, -0.2) is 36.1 Å². The molecular formula is C22H24N6. The normalized spacial score (nSPS) is 12.9. The van der Waals surface area contributed by atoms with Gasteiger partial charge < -0.3 is 10.6 Å². The molecule has 2 aromatic carbocycles. The number of hydrogen-bond donors (Lipinski definition) is 3. The van der Waals surface area contributed by atoms with Crippen LogP contribution in [0.25, 0.3) is 11.1 Å². The van der Waals surface area contributed by atoms with Gasteiger partial charge in [0, 0.05) is 18.7 Å². The van der Waals surface area contributed by atoms with E-state index in [0.717, 1.165) is 42.3 Å². The summed E-state index contributed by atoms with van der Waals surface area (Å²) in [5.41, 5.74) is 7.72. The van der Waals surface area contributed by atoms with E-state index < -0.39 is 0 Å². The molecule has 0 fully saturated rings. The Labute approximate surface area is 165 Å². The van der Waals surface area contributed by atoms with Crippen molar-refractivity contribution in [1.82, 2.24) is 15.4 Å². The second kappa shape index (κ2) is 9.01. The zero-order valence-electron chi connectivity index (χ0n) is 15.7. The second-order valence-electron chi connectivity index (χ2n) is 6.55. The molecule has 0 atom stereocenters. The van der Waals surface area contributed by atoms with E-state index in [1.165, 1.54) is 5.56 Å². The van der Waals surface area contributed by atoms with Gasteiger partial charge in [-0.15, -0.1) is 0 Å². The van der Waals surface area contributed by atoms with Crippen LogP contribution in [0.15, 0.2) is 77.9 Å². The summed E-state index contributed by atoms with van der Waals surface area (Å²) in [6.07, 6.45) is 3.73. The van der Waals surface area contributed by atoms with Gasteiger partial charge in [-0.05, 0) is 17.2 Å². The monoisotopic (exact) mass is 372 g/mol. The number of hydrogen-bond acceptors (Lipinski definition) is 6. The van der Waals surface area contributed by atoms with Crippen LogP contribution in [0.3, 0.4) is 0 Å². The maximum absolute atomic E-state index is 4.60. The van der Waals surface area contributed by atoms with E-state index in [2.05, 4.69) is 68.5 Å².